The minimum absolute atomic E-state index is 0.0100. The number of halogens is 2. The number of benzene rings is 1. The molecule has 1 aromatic carbocycles. The van der Waals surface area contributed by atoms with Crippen molar-refractivity contribution >= 4 is 27.4 Å². The fourth-order valence-electron chi connectivity index (χ4n) is 1.65. The molecule has 0 amide bonds. The molecule has 1 heterocycles. The fraction of sp³-hybridized carbons (Fsp3) is 0.267. The zero-order chi connectivity index (χ0) is 15.6. The second kappa shape index (κ2) is 5.78. The molecule has 108 valence electrons. The molecular formula is C15H14BrFN4. The van der Waals surface area contributed by atoms with Crippen molar-refractivity contribution in [1.82, 2.24) is 9.97 Å². The van der Waals surface area contributed by atoms with Crippen LogP contribution in [0.4, 0.5) is 15.9 Å². The molecule has 0 aliphatic rings. The Morgan fingerprint density at radius 1 is 1.24 bits per heavy atom. The van der Waals surface area contributed by atoms with Gasteiger partial charge in [-0.25, -0.2) is 14.4 Å². The molecule has 0 atom stereocenters. The lowest BCUT2D eigenvalue weighted by atomic mass is 9.96. The Balaban J connectivity index is 2.36. The van der Waals surface area contributed by atoms with Gasteiger partial charge in [0, 0.05) is 17.2 Å². The third-order valence-corrected chi connectivity index (χ3v) is 3.13. The predicted octanol–water partition coefficient (Wildman–Crippen LogP) is 4.29. The van der Waals surface area contributed by atoms with E-state index in [-0.39, 0.29) is 11.0 Å². The van der Waals surface area contributed by atoms with E-state index in [4.69, 9.17) is 5.26 Å². The molecule has 2 aromatic rings. The Morgan fingerprint density at radius 3 is 2.57 bits per heavy atom. The van der Waals surface area contributed by atoms with Gasteiger partial charge in [0.15, 0.2) is 0 Å². The van der Waals surface area contributed by atoms with Crippen LogP contribution in [0.5, 0.6) is 0 Å². The Kier molecular flexibility index (Phi) is 4.24. The van der Waals surface area contributed by atoms with E-state index >= 15 is 0 Å². The van der Waals surface area contributed by atoms with Gasteiger partial charge in [-0.15, -0.1) is 0 Å². The average Bonchev–Trinajstić information content (AvgIpc) is 2.39. The van der Waals surface area contributed by atoms with Crippen molar-refractivity contribution in [2.45, 2.75) is 26.2 Å². The molecule has 21 heavy (non-hydrogen) atoms. The van der Waals surface area contributed by atoms with Gasteiger partial charge >= 0.3 is 0 Å². The first kappa shape index (κ1) is 15.4. The Morgan fingerprint density at radius 2 is 1.95 bits per heavy atom. The van der Waals surface area contributed by atoms with E-state index < -0.39 is 5.82 Å². The molecule has 0 unspecified atom stereocenters. The highest BCUT2D eigenvalue weighted by Gasteiger charge is 2.18. The van der Waals surface area contributed by atoms with Crippen molar-refractivity contribution in [2.75, 3.05) is 5.32 Å². The lowest BCUT2D eigenvalue weighted by molar-refractivity contribution is 0.544. The van der Waals surface area contributed by atoms with Gasteiger partial charge < -0.3 is 5.32 Å². The number of nitriles is 1. The molecule has 4 nitrogen and oxygen atoms in total. The highest BCUT2D eigenvalue weighted by atomic mass is 79.9. The molecule has 0 fully saturated rings. The van der Waals surface area contributed by atoms with Crippen LogP contribution in [0.1, 0.15) is 32.2 Å². The maximum absolute atomic E-state index is 13.3. The lowest BCUT2D eigenvalue weighted by Crippen LogP contribution is -2.16. The summed E-state index contributed by atoms with van der Waals surface area (Å²) in [5, 5.41) is 11.9. The van der Waals surface area contributed by atoms with Gasteiger partial charge in [0.2, 0.25) is 0 Å². The van der Waals surface area contributed by atoms with Gasteiger partial charge in [-0.1, -0.05) is 20.8 Å². The van der Waals surface area contributed by atoms with Gasteiger partial charge in [-0.2, -0.15) is 5.26 Å². The van der Waals surface area contributed by atoms with Gasteiger partial charge in [-0.3, -0.25) is 0 Å². The summed E-state index contributed by atoms with van der Waals surface area (Å²) in [7, 11) is 0. The van der Waals surface area contributed by atoms with Crippen LogP contribution in [0.3, 0.4) is 0 Å². The molecule has 0 bridgehead atoms. The van der Waals surface area contributed by atoms with Crippen molar-refractivity contribution in [3.8, 4) is 6.07 Å². The van der Waals surface area contributed by atoms with Gasteiger partial charge in [-0.05, 0) is 34.1 Å². The molecule has 1 N–H and O–H groups in total. The average molecular weight is 349 g/mol. The van der Waals surface area contributed by atoms with Gasteiger partial charge in [0.25, 0.3) is 0 Å². The number of rotatable bonds is 2. The highest BCUT2D eigenvalue weighted by Crippen LogP contribution is 2.25. The van der Waals surface area contributed by atoms with Crippen LogP contribution in [0.15, 0.2) is 28.9 Å². The number of nitrogens with zero attached hydrogens (tertiary/aromatic N) is 3. The summed E-state index contributed by atoms with van der Waals surface area (Å²) in [5.41, 5.74) is 0.392. The minimum atomic E-state index is -0.540. The first-order chi connectivity index (χ1) is 9.79. The van der Waals surface area contributed by atoms with E-state index in [2.05, 4.69) is 31.2 Å². The van der Waals surface area contributed by atoms with Crippen LogP contribution >= 0.6 is 15.9 Å². The number of anilines is 2. The van der Waals surface area contributed by atoms with E-state index in [1.165, 1.54) is 12.1 Å². The summed E-state index contributed by atoms with van der Waals surface area (Å²) in [5.74, 6) is 0.724. The summed E-state index contributed by atoms with van der Waals surface area (Å²) >= 11 is 3.36. The second-order valence-electron chi connectivity index (χ2n) is 5.58. The summed E-state index contributed by atoms with van der Waals surface area (Å²) in [6, 6.07) is 7.80. The summed E-state index contributed by atoms with van der Waals surface area (Å²) < 4.78 is 14.0. The predicted molar refractivity (Wildman–Crippen MR) is 82.8 cm³/mol. The van der Waals surface area contributed by atoms with Crippen LogP contribution in [-0.2, 0) is 5.41 Å². The Labute approximate surface area is 131 Å². The molecule has 0 aliphatic heterocycles. The van der Waals surface area contributed by atoms with Crippen LogP contribution in [0.25, 0.3) is 0 Å². The zero-order valence-corrected chi connectivity index (χ0v) is 13.5. The van der Waals surface area contributed by atoms with E-state index in [0.717, 1.165) is 0 Å². The molecule has 0 aliphatic carbocycles. The zero-order valence-electron chi connectivity index (χ0n) is 11.9. The number of aromatic nitrogens is 2. The summed E-state index contributed by atoms with van der Waals surface area (Å²) in [6.45, 7) is 6.05. The van der Waals surface area contributed by atoms with Crippen molar-refractivity contribution in [2.24, 2.45) is 0 Å². The van der Waals surface area contributed by atoms with Gasteiger partial charge in [0.1, 0.15) is 28.1 Å². The van der Waals surface area contributed by atoms with Crippen molar-refractivity contribution in [1.29, 1.82) is 5.26 Å². The molecule has 0 saturated carbocycles. The molecule has 0 saturated heterocycles. The molecule has 6 heteroatoms. The number of hydrogen-bond acceptors (Lipinski definition) is 4. The maximum Gasteiger partial charge on any atom is 0.141 e. The van der Waals surface area contributed by atoms with Crippen LogP contribution in [0, 0.1) is 17.1 Å². The molecule has 2 rings (SSSR count). The Bertz CT molecular complexity index is 717. The van der Waals surface area contributed by atoms with E-state index in [9.17, 15) is 4.39 Å². The van der Waals surface area contributed by atoms with Crippen LogP contribution in [-0.4, -0.2) is 9.97 Å². The second-order valence-corrected chi connectivity index (χ2v) is 6.39. The standard InChI is InChI=1S/C15H14BrFN4/c1-15(2,3)14-20-12(16)7-13(21-14)19-10-4-5-11(17)9(6-10)8-18/h4-7H,1-3H3,(H,19,20,21). The molecular weight excluding hydrogens is 335 g/mol. The third kappa shape index (κ3) is 3.76. The highest BCUT2D eigenvalue weighted by molar-refractivity contribution is 9.10. The third-order valence-electron chi connectivity index (χ3n) is 2.72. The quantitative estimate of drug-likeness (QED) is 0.822. The molecule has 0 spiro atoms. The van der Waals surface area contributed by atoms with E-state index in [1.54, 1.807) is 12.1 Å². The van der Waals surface area contributed by atoms with Crippen molar-refractivity contribution < 1.29 is 4.39 Å². The van der Waals surface area contributed by atoms with Crippen LogP contribution < -0.4 is 5.32 Å². The van der Waals surface area contributed by atoms with Crippen molar-refractivity contribution in [3.05, 3.63) is 46.1 Å². The summed E-state index contributed by atoms with van der Waals surface area (Å²) in [4.78, 5) is 8.80. The monoisotopic (exact) mass is 348 g/mol. The van der Waals surface area contributed by atoms with E-state index in [0.29, 0.717) is 21.9 Å². The summed E-state index contributed by atoms with van der Waals surface area (Å²) in [6.07, 6.45) is 0. The Hall–Kier alpha value is -2.00. The lowest BCUT2D eigenvalue weighted by Gasteiger charge is -2.18. The van der Waals surface area contributed by atoms with Gasteiger partial charge in [0.05, 0.1) is 5.56 Å². The first-order valence-electron chi connectivity index (χ1n) is 6.31. The SMILES string of the molecule is CC(C)(C)c1nc(Br)cc(Nc2ccc(F)c(C#N)c2)n1. The molecule has 1 aromatic heterocycles. The largest absolute Gasteiger partial charge is 0.340 e. The topological polar surface area (TPSA) is 61.6 Å². The smallest absolute Gasteiger partial charge is 0.141 e. The number of hydrogen-bond donors (Lipinski definition) is 1. The fourth-order valence-corrected chi connectivity index (χ4v) is 2.04. The number of nitrogens with one attached hydrogen (secondary N) is 1. The normalized spacial score (nSPS) is 11.0. The molecule has 0 radical (unpaired) electrons. The van der Waals surface area contributed by atoms with Crippen molar-refractivity contribution in [3.63, 3.8) is 0 Å². The minimum Gasteiger partial charge on any atom is -0.340 e. The van der Waals surface area contributed by atoms with E-state index in [1.807, 2.05) is 26.8 Å². The first-order valence-corrected chi connectivity index (χ1v) is 7.10. The van der Waals surface area contributed by atoms with Crippen LogP contribution in [0.2, 0.25) is 0 Å². The maximum atomic E-state index is 13.3.